The number of rotatable bonds is 11. The van der Waals surface area contributed by atoms with E-state index in [-0.39, 0.29) is 31.6 Å². The number of carbonyl (C=O) groups is 2. The van der Waals surface area contributed by atoms with Gasteiger partial charge in [0.2, 0.25) is 18.6 Å². The van der Waals surface area contributed by atoms with Crippen molar-refractivity contribution in [2.45, 2.75) is 45.2 Å². The lowest BCUT2D eigenvalue weighted by molar-refractivity contribution is -0.141. The summed E-state index contributed by atoms with van der Waals surface area (Å²) in [6.45, 7) is 2.96. The van der Waals surface area contributed by atoms with E-state index < -0.39 is 6.04 Å². The number of hydrogen-bond donors (Lipinski definition) is 1. The maximum Gasteiger partial charge on any atom is 0.243 e. The number of fused-ring (bicyclic) bond motifs is 1. The van der Waals surface area contributed by atoms with E-state index in [0.29, 0.717) is 40.9 Å². The second kappa shape index (κ2) is 12.8. The molecule has 4 rings (SSSR count). The monoisotopic (exact) mass is 540 g/mol. The van der Waals surface area contributed by atoms with Gasteiger partial charge >= 0.3 is 0 Å². The highest BCUT2D eigenvalue weighted by molar-refractivity contribution is 6.42. The van der Waals surface area contributed by atoms with Crippen LogP contribution in [0.15, 0.2) is 66.7 Å². The van der Waals surface area contributed by atoms with Gasteiger partial charge in [0.05, 0.1) is 10.0 Å². The van der Waals surface area contributed by atoms with Crippen LogP contribution >= 0.6 is 23.2 Å². The molecule has 0 unspecified atom stereocenters. The number of carbonyl (C=O) groups excluding carboxylic acids is 2. The molecule has 0 aromatic heterocycles. The van der Waals surface area contributed by atoms with E-state index in [1.807, 2.05) is 61.5 Å². The summed E-state index contributed by atoms with van der Waals surface area (Å²) in [5.41, 5.74) is 2.73. The normalized spacial score (nSPS) is 12.7. The SMILES string of the molecule is CCCNC(=O)[C@@H](Cc1ccccc1)N(Cc1ccc(Cl)c(Cl)c1)C(=O)CCc1ccc2c(c1)OCO2. The Labute approximate surface area is 227 Å². The quantitative estimate of drug-likeness (QED) is 0.332. The molecule has 3 aromatic carbocycles. The maximum absolute atomic E-state index is 13.7. The lowest BCUT2D eigenvalue weighted by Gasteiger charge is -2.32. The van der Waals surface area contributed by atoms with Gasteiger partial charge < -0.3 is 19.7 Å². The molecule has 1 N–H and O–H groups in total. The first-order valence-electron chi connectivity index (χ1n) is 12.4. The van der Waals surface area contributed by atoms with Crippen molar-refractivity contribution in [2.24, 2.45) is 0 Å². The zero-order chi connectivity index (χ0) is 26.2. The van der Waals surface area contributed by atoms with Crippen LogP contribution in [-0.4, -0.2) is 36.1 Å². The molecule has 3 aromatic rings. The Hall–Kier alpha value is -3.22. The van der Waals surface area contributed by atoms with Gasteiger partial charge in [0, 0.05) is 25.9 Å². The van der Waals surface area contributed by atoms with Gasteiger partial charge in [-0.25, -0.2) is 0 Å². The molecule has 1 aliphatic rings. The fourth-order valence-corrected chi connectivity index (χ4v) is 4.57. The minimum atomic E-state index is -0.687. The first kappa shape index (κ1) is 26.8. The average molecular weight is 541 g/mol. The first-order chi connectivity index (χ1) is 17.9. The van der Waals surface area contributed by atoms with Gasteiger partial charge in [-0.15, -0.1) is 0 Å². The van der Waals surface area contributed by atoms with Gasteiger partial charge in [0.15, 0.2) is 11.5 Å². The fourth-order valence-electron chi connectivity index (χ4n) is 4.25. The summed E-state index contributed by atoms with van der Waals surface area (Å²) < 4.78 is 10.9. The maximum atomic E-state index is 13.7. The number of halogens is 2. The smallest absolute Gasteiger partial charge is 0.243 e. The van der Waals surface area contributed by atoms with Crippen LogP contribution in [0, 0.1) is 0 Å². The zero-order valence-electron chi connectivity index (χ0n) is 20.7. The summed E-state index contributed by atoms with van der Waals surface area (Å²) in [6.07, 6.45) is 1.93. The van der Waals surface area contributed by atoms with E-state index in [0.717, 1.165) is 23.1 Å². The van der Waals surface area contributed by atoms with Crippen LogP contribution in [0.3, 0.4) is 0 Å². The molecule has 8 heteroatoms. The third kappa shape index (κ3) is 7.18. The van der Waals surface area contributed by atoms with E-state index in [1.165, 1.54) is 0 Å². The molecule has 0 fully saturated rings. The fraction of sp³-hybridized carbons (Fsp3) is 0.310. The summed E-state index contributed by atoms with van der Waals surface area (Å²) in [7, 11) is 0. The van der Waals surface area contributed by atoms with Crippen LogP contribution < -0.4 is 14.8 Å². The molecule has 1 heterocycles. The van der Waals surface area contributed by atoms with Crippen molar-refractivity contribution in [3.05, 3.63) is 93.5 Å². The van der Waals surface area contributed by atoms with E-state index >= 15 is 0 Å². The lowest BCUT2D eigenvalue weighted by Crippen LogP contribution is -2.50. The Morgan fingerprint density at radius 1 is 0.919 bits per heavy atom. The Morgan fingerprint density at radius 3 is 2.43 bits per heavy atom. The molecular formula is C29H30Cl2N2O4. The Bertz CT molecular complexity index is 1240. The van der Waals surface area contributed by atoms with Crippen LogP contribution in [0.1, 0.15) is 36.5 Å². The van der Waals surface area contributed by atoms with Crippen LogP contribution in [0.25, 0.3) is 0 Å². The Morgan fingerprint density at radius 2 is 1.68 bits per heavy atom. The third-order valence-corrected chi connectivity index (χ3v) is 6.96. The van der Waals surface area contributed by atoms with Gasteiger partial charge in [-0.2, -0.15) is 0 Å². The molecule has 37 heavy (non-hydrogen) atoms. The summed E-state index contributed by atoms with van der Waals surface area (Å²) >= 11 is 12.4. The standard InChI is InChI=1S/C29H30Cl2N2O4/c1-2-14-32-29(35)25(16-20-6-4-3-5-7-20)33(18-22-8-11-23(30)24(31)15-22)28(34)13-10-21-9-12-26-27(17-21)37-19-36-26/h3-9,11-12,15,17,25H,2,10,13-14,16,18-19H2,1H3,(H,32,35)/t25-/m1/s1. The molecule has 0 aliphatic carbocycles. The predicted octanol–water partition coefficient (Wildman–Crippen LogP) is 5.82. The molecule has 1 aliphatic heterocycles. The predicted molar refractivity (Wildman–Crippen MR) is 145 cm³/mol. The molecule has 6 nitrogen and oxygen atoms in total. The zero-order valence-corrected chi connectivity index (χ0v) is 22.2. The molecular weight excluding hydrogens is 511 g/mol. The molecule has 2 amide bonds. The van der Waals surface area contributed by atoms with Gasteiger partial charge in [0.1, 0.15) is 6.04 Å². The largest absolute Gasteiger partial charge is 0.454 e. The summed E-state index contributed by atoms with van der Waals surface area (Å²) in [5.74, 6) is 1.07. The van der Waals surface area contributed by atoms with Crippen molar-refractivity contribution >= 4 is 35.0 Å². The van der Waals surface area contributed by atoms with Crippen LogP contribution in [-0.2, 0) is 29.0 Å². The van der Waals surface area contributed by atoms with Crippen molar-refractivity contribution < 1.29 is 19.1 Å². The molecule has 0 saturated carbocycles. The number of benzene rings is 3. The number of nitrogens with one attached hydrogen (secondary N) is 1. The van der Waals surface area contributed by atoms with Crippen LogP contribution in [0.2, 0.25) is 10.0 Å². The summed E-state index contributed by atoms with van der Waals surface area (Å²) in [6, 6.07) is 20.0. The van der Waals surface area contributed by atoms with E-state index in [4.69, 9.17) is 32.7 Å². The number of nitrogens with zero attached hydrogens (tertiary/aromatic N) is 1. The van der Waals surface area contributed by atoms with E-state index in [1.54, 1.807) is 17.0 Å². The minimum Gasteiger partial charge on any atom is -0.454 e. The van der Waals surface area contributed by atoms with Crippen molar-refractivity contribution in [3.8, 4) is 11.5 Å². The van der Waals surface area contributed by atoms with Crippen LogP contribution in [0.4, 0.5) is 0 Å². The van der Waals surface area contributed by atoms with E-state index in [9.17, 15) is 9.59 Å². The first-order valence-corrected chi connectivity index (χ1v) is 13.1. The molecule has 1 atom stereocenters. The second-order valence-electron chi connectivity index (χ2n) is 8.95. The minimum absolute atomic E-state index is 0.128. The molecule has 194 valence electrons. The Balaban J connectivity index is 1.60. The average Bonchev–Trinajstić information content (AvgIpc) is 3.38. The number of aryl methyl sites for hydroxylation is 1. The molecule has 0 bridgehead atoms. The third-order valence-electron chi connectivity index (χ3n) is 6.22. The molecule has 0 spiro atoms. The highest BCUT2D eigenvalue weighted by atomic mass is 35.5. The summed E-state index contributed by atoms with van der Waals surface area (Å²) in [5, 5.41) is 3.83. The number of amides is 2. The number of ether oxygens (including phenoxy) is 2. The highest BCUT2D eigenvalue weighted by Crippen LogP contribution is 2.33. The number of hydrogen-bond acceptors (Lipinski definition) is 4. The van der Waals surface area contributed by atoms with Crippen LogP contribution in [0.5, 0.6) is 11.5 Å². The van der Waals surface area contributed by atoms with Gasteiger partial charge in [-0.3, -0.25) is 9.59 Å². The van der Waals surface area contributed by atoms with E-state index in [2.05, 4.69) is 5.32 Å². The van der Waals surface area contributed by atoms with Crippen molar-refractivity contribution in [2.75, 3.05) is 13.3 Å². The van der Waals surface area contributed by atoms with Crippen molar-refractivity contribution in [1.29, 1.82) is 0 Å². The van der Waals surface area contributed by atoms with Gasteiger partial charge in [-0.1, -0.05) is 72.6 Å². The molecule has 0 saturated heterocycles. The topological polar surface area (TPSA) is 67.9 Å². The Kier molecular flexibility index (Phi) is 9.31. The lowest BCUT2D eigenvalue weighted by atomic mass is 10.0. The second-order valence-corrected chi connectivity index (χ2v) is 9.77. The van der Waals surface area contributed by atoms with Gasteiger partial charge in [0.25, 0.3) is 0 Å². The highest BCUT2D eigenvalue weighted by Gasteiger charge is 2.30. The molecule has 0 radical (unpaired) electrons. The van der Waals surface area contributed by atoms with Crippen molar-refractivity contribution in [1.82, 2.24) is 10.2 Å². The summed E-state index contributed by atoms with van der Waals surface area (Å²) in [4.78, 5) is 28.8. The van der Waals surface area contributed by atoms with Crippen molar-refractivity contribution in [3.63, 3.8) is 0 Å². The van der Waals surface area contributed by atoms with Gasteiger partial charge in [-0.05, 0) is 53.8 Å².